The van der Waals surface area contributed by atoms with Gasteiger partial charge in [0, 0.05) is 6.92 Å². The summed E-state index contributed by atoms with van der Waals surface area (Å²) in [6.45, 7) is 2.08. The number of rotatable bonds is 8. The van der Waals surface area contributed by atoms with E-state index in [1.54, 1.807) is 18.2 Å². The lowest BCUT2D eigenvalue weighted by Gasteiger charge is -2.11. The van der Waals surface area contributed by atoms with Gasteiger partial charge in [-0.1, -0.05) is 30.3 Å². The molecule has 0 aliphatic carbocycles. The van der Waals surface area contributed by atoms with Gasteiger partial charge in [-0.15, -0.1) is 0 Å². The van der Waals surface area contributed by atoms with Gasteiger partial charge in [0.1, 0.15) is 31.3 Å². The lowest BCUT2D eigenvalue weighted by molar-refractivity contribution is -0.141. The molecule has 0 amide bonds. The molecule has 0 saturated carbocycles. The number of carbonyl (C=O) groups excluding carboxylic acids is 2. The van der Waals surface area contributed by atoms with E-state index in [0.717, 1.165) is 5.56 Å². The van der Waals surface area contributed by atoms with Crippen LogP contribution in [0.4, 0.5) is 0 Å². The highest BCUT2D eigenvalue weighted by Gasteiger charge is 2.06. The van der Waals surface area contributed by atoms with Gasteiger partial charge < -0.3 is 14.2 Å². The molecular formula is C18H18O5. The van der Waals surface area contributed by atoms with E-state index in [4.69, 9.17) is 14.2 Å². The van der Waals surface area contributed by atoms with Gasteiger partial charge in [-0.25, -0.2) is 0 Å². The minimum absolute atomic E-state index is 0.139. The number of benzene rings is 2. The SMILES string of the molecule is CC(=O)OCCOc1ccc(OCc2ccccc2)cc1C=O. The molecule has 0 bridgehead atoms. The standard InChI is InChI=1S/C18H18O5/c1-14(20)21-9-10-22-18-8-7-17(11-16(18)12-19)23-13-15-5-3-2-4-6-15/h2-8,11-12H,9-10,13H2,1H3. The first-order valence-corrected chi connectivity index (χ1v) is 7.21. The van der Waals surface area contributed by atoms with Crippen LogP contribution in [-0.2, 0) is 16.1 Å². The van der Waals surface area contributed by atoms with Crippen LogP contribution in [0.3, 0.4) is 0 Å². The zero-order chi connectivity index (χ0) is 16.5. The van der Waals surface area contributed by atoms with Crippen LogP contribution in [0.5, 0.6) is 11.5 Å². The van der Waals surface area contributed by atoms with Gasteiger partial charge in [0.05, 0.1) is 5.56 Å². The normalized spacial score (nSPS) is 9.96. The molecule has 0 unspecified atom stereocenters. The van der Waals surface area contributed by atoms with Gasteiger partial charge in [-0.05, 0) is 23.8 Å². The van der Waals surface area contributed by atoms with Crippen LogP contribution < -0.4 is 9.47 Å². The van der Waals surface area contributed by atoms with Crippen LogP contribution in [0.2, 0.25) is 0 Å². The number of ether oxygens (including phenoxy) is 3. The molecule has 2 aromatic rings. The summed E-state index contributed by atoms with van der Waals surface area (Å²) in [5, 5.41) is 0. The fourth-order valence-electron chi connectivity index (χ4n) is 1.92. The van der Waals surface area contributed by atoms with Crippen molar-refractivity contribution in [1.82, 2.24) is 0 Å². The molecule has 0 heterocycles. The van der Waals surface area contributed by atoms with E-state index in [1.807, 2.05) is 30.3 Å². The molecule has 2 rings (SSSR count). The Labute approximate surface area is 134 Å². The molecule has 0 fully saturated rings. The number of carbonyl (C=O) groups is 2. The Kier molecular flexibility index (Phi) is 6.17. The fourth-order valence-corrected chi connectivity index (χ4v) is 1.92. The van der Waals surface area contributed by atoms with Crippen molar-refractivity contribution in [2.45, 2.75) is 13.5 Å². The first-order chi connectivity index (χ1) is 11.2. The van der Waals surface area contributed by atoms with E-state index in [-0.39, 0.29) is 19.2 Å². The Balaban J connectivity index is 1.93. The average Bonchev–Trinajstić information content (AvgIpc) is 2.58. The van der Waals surface area contributed by atoms with Crippen molar-refractivity contribution in [3.8, 4) is 11.5 Å². The van der Waals surface area contributed by atoms with Crippen LogP contribution >= 0.6 is 0 Å². The zero-order valence-corrected chi connectivity index (χ0v) is 12.9. The average molecular weight is 314 g/mol. The molecule has 0 aliphatic rings. The third kappa shape index (κ3) is 5.47. The molecule has 23 heavy (non-hydrogen) atoms. The van der Waals surface area contributed by atoms with Crippen molar-refractivity contribution in [2.75, 3.05) is 13.2 Å². The number of aldehydes is 1. The molecule has 5 nitrogen and oxygen atoms in total. The molecule has 0 spiro atoms. The van der Waals surface area contributed by atoms with Gasteiger partial charge in [-0.2, -0.15) is 0 Å². The maximum atomic E-state index is 11.2. The minimum Gasteiger partial charge on any atom is -0.489 e. The number of hydrogen-bond acceptors (Lipinski definition) is 5. The summed E-state index contributed by atoms with van der Waals surface area (Å²) in [6, 6.07) is 14.8. The first kappa shape index (κ1) is 16.5. The molecule has 2 aromatic carbocycles. The molecule has 0 atom stereocenters. The zero-order valence-electron chi connectivity index (χ0n) is 12.9. The van der Waals surface area contributed by atoms with Crippen molar-refractivity contribution in [1.29, 1.82) is 0 Å². The van der Waals surface area contributed by atoms with Crippen LogP contribution in [0.1, 0.15) is 22.8 Å². The summed E-state index contributed by atoms with van der Waals surface area (Å²) >= 11 is 0. The monoisotopic (exact) mass is 314 g/mol. The quantitative estimate of drug-likeness (QED) is 0.426. The summed E-state index contributed by atoms with van der Waals surface area (Å²) in [7, 11) is 0. The predicted molar refractivity (Wildman–Crippen MR) is 84.7 cm³/mol. The van der Waals surface area contributed by atoms with Gasteiger partial charge in [0.25, 0.3) is 0 Å². The van der Waals surface area contributed by atoms with Crippen LogP contribution in [0.15, 0.2) is 48.5 Å². The number of esters is 1. The molecular weight excluding hydrogens is 296 g/mol. The molecule has 0 aromatic heterocycles. The Hall–Kier alpha value is -2.82. The second-order valence-electron chi connectivity index (χ2n) is 4.78. The van der Waals surface area contributed by atoms with Crippen molar-refractivity contribution in [3.05, 3.63) is 59.7 Å². The van der Waals surface area contributed by atoms with Crippen LogP contribution in [-0.4, -0.2) is 25.5 Å². The van der Waals surface area contributed by atoms with Crippen molar-refractivity contribution in [3.63, 3.8) is 0 Å². The Morgan fingerprint density at radius 2 is 1.83 bits per heavy atom. The molecule has 120 valence electrons. The predicted octanol–water partition coefficient (Wildman–Crippen LogP) is 3.02. The van der Waals surface area contributed by atoms with E-state index < -0.39 is 0 Å². The highest BCUT2D eigenvalue weighted by molar-refractivity contribution is 5.80. The van der Waals surface area contributed by atoms with Gasteiger partial charge in [0.15, 0.2) is 6.29 Å². The van der Waals surface area contributed by atoms with E-state index in [9.17, 15) is 9.59 Å². The van der Waals surface area contributed by atoms with Crippen molar-refractivity contribution in [2.24, 2.45) is 0 Å². The smallest absolute Gasteiger partial charge is 0.302 e. The highest BCUT2D eigenvalue weighted by atomic mass is 16.6. The largest absolute Gasteiger partial charge is 0.489 e. The lowest BCUT2D eigenvalue weighted by atomic mass is 10.2. The molecule has 0 radical (unpaired) electrons. The summed E-state index contributed by atoms with van der Waals surface area (Å²) < 4.78 is 15.9. The van der Waals surface area contributed by atoms with Crippen molar-refractivity contribution < 1.29 is 23.8 Å². The summed E-state index contributed by atoms with van der Waals surface area (Å²) in [4.78, 5) is 21.8. The number of hydrogen-bond donors (Lipinski definition) is 0. The van der Waals surface area contributed by atoms with Gasteiger partial charge >= 0.3 is 5.97 Å². The summed E-state index contributed by atoms with van der Waals surface area (Å²) in [5.74, 6) is 0.649. The second kappa shape index (κ2) is 8.58. The Morgan fingerprint density at radius 3 is 2.52 bits per heavy atom. The van der Waals surface area contributed by atoms with Crippen LogP contribution in [0, 0.1) is 0 Å². The van der Waals surface area contributed by atoms with E-state index >= 15 is 0 Å². The summed E-state index contributed by atoms with van der Waals surface area (Å²) in [6.07, 6.45) is 0.705. The Bertz CT molecular complexity index is 652. The fraction of sp³-hybridized carbons (Fsp3) is 0.222. The van der Waals surface area contributed by atoms with Gasteiger partial charge in [-0.3, -0.25) is 9.59 Å². The molecule has 5 heteroatoms. The van der Waals surface area contributed by atoms with E-state index in [1.165, 1.54) is 6.92 Å². The van der Waals surface area contributed by atoms with Crippen molar-refractivity contribution >= 4 is 12.3 Å². The molecule has 0 N–H and O–H groups in total. The topological polar surface area (TPSA) is 61.8 Å². The van der Waals surface area contributed by atoms with Crippen LogP contribution in [0.25, 0.3) is 0 Å². The first-order valence-electron chi connectivity index (χ1n) is 7.21. The Morgan fingerprint density at radius 1 is 1.04 bits per heavy atom. The third-order valence-corrected chi connectivity index (χ3v) is 3.00. The second-order valence-corrected chi connectivity index (χ2v) is 4.78. The maximum Gasteiger partial charge on any atom is 0.302 e. The van der Waals surface area contributed by atoms with E-state index in [2.05, 4.69) is 0 Å². The summed E-state index contributed by atoms with van der Waals surface area (Å²) in [5.41, 5.74) is 1.43. The lowest BCUT2D eigenvalue weighted by Crippen LogP contribution is -2.10. The third-order valence-electron chi connectivity index (χ3n) is 3.00. The molecule has 0 saturated heterocycles. The van der Waals surface area contributed by atoms with E-state index in [0.29, 0.717) is 30.0 Å². The van der Waals surface area contributed by atoms with Gasteiger partial charge in [0.2, 0.25) is 0 Å². The highest BCUT2D eigenvalue weighted by Crippen LogP contribution is 2.23. The minimum atomic E-state index is -0.367. The maximum absolute atomic E-state index is 11.2. The molecule has 0 aliphatic heterocycles.